The van der Waals surface area contributed by atoms with E-state index in [-0.39, 0.29) is 24.2 Å². The van der Waals surface area contributed by atoms with Gasteiger partial charge in [-0.25, -0.2) is 0 Å². The quantitative estimate of drug-likeness (QED) is 0.617. The van der Waals surface area contributed by atoms with Crippen molar-refractivity contribution in [1.29, 1.82) is 0 Å². The molecule has 1 aliphatic carbocycles. The topological polar surface area (TPSA) is 72.7 Å². The van der Waals surface area contributed by atoms with E-state index in [0.29, 0.717) is 5.75 Å². The predicted molar refractivity (Wildman–Crippen MR) is 93.5 cm³/mol. The highest BCUT2D eigenvalue weighted by Crippen LogP contribution is 2.33. The van der Waals surface area contributed by atoms with Gasteiger partial charge in [-0.15, -0.1) is 0 Å². The molecule has 0 saturated carbocycles. The average Bonchev–Trinajstić information content (AvgIpc) is 2.65. The summed E-state index contributed by atoms with van der Waals surface area (Å²) >= 11 is 0. The molecule has 3 rings (SSSR count). The Morgan fingerprint density at radius 2 is 1.96 bits per heavy atom. The van der Waals surface area contributed by atoms with E-state index >= 15 is 0 Å². The number of benzene rings is 2. The maximum absolute atomic E-state index is 12.5. The first kappa shape index (κ1) is 17.0. The summed E-state index contributed by atoms with van der Waals surface area (Å²) in [5, 5.41) is 10.6. The molecule has 6 heteroatoms. The first-order valence-corrected chi connectivity index (χ1v) is 8.27. The predicted octanol–water partition coefficient (Wildman–Crippen LogP) is 3.51. The summed E-state index contributed by atoms with van der Waals surface area (Å²) in [4.78, 5) is 24.4. The number of fused-ring (bicyclic) bond motifs is 1. The molecule has 1 atom stereocenters. The molecule has 2 aromatic rings. The van der Waals surface area contributed by atoms with Gasteiger partial charge in [-0.05, 0) is 42.5 Å². The summed E-state index contributed by atoms with van der Waals surface area (Å²) in [5.41, 5.74) is 2.50. The number of nitrogens with zero attached hydrogens (tertiary/aromatic N) is 2. The molecule has 6 nitrogen and oxygen atoms in total. The second-order valence-electron chi connectivity index (χ2n) is 6.15. The van der Waals surface area contributed by atoms with Gasteiger partial charge >= 0.3 is 0 Å². The summed E-state index contributed by atoms with van der Waals surface area (Å²) in [7, 11) is 1.80. The van der Waals surface area contributed by atoms with Crippen LogP contribution in [0.5, 0.6) is 5.75 Å². The standard InChI is InChI=1S/C19H20N2O4/c1-20(18-8-4-6-14-5-2-3-7-17(14)18)19(22)13-25-16-11-9-15(10-12-16)21(23)24/h2-3,5,7,9-12,18H,4,6,8,13H2,1H3. The van der Waals surface area contributed by atoms with Gasteiger partial charge in [0.1, 0.15) is 5.75 Å². The Morgan fingerprint density at radius 3 is 2.68 bits per heavy atom. The van der Waals surface area contributed by atoms with Crippen LogP contribution in [-0.2, 0) is 11.2 Å². The van der Waals surface area contributed by atoms with Crippen LogP contribution in [0.25, 0.3) is 0 Å². The Balaban J connectivity index is 1.63. The van der Waals surface area contributed by atoms with Crippen LogP contribution in [0.2, 0.25) is 0 Å². The van der Waals surface area contributed by atoms with E-state index in [1.807, 2.05) is 12.1 Å². The lowest BCUT2D eigenvalue weighted by Crippen LogP contribution is -2.36. The van der Waals surface area contributed by atoms with Gasteiger partial charge < -0.3 is 9.64 Å². The lowest BCUT2D eigenvalue weighted by molar-refractivity contribution is -0.384. The normalized spacial score (nSPS) is 16.0. The lowest BCUT2D eigenvalue weighted by atomic mass is 9.87. The highest BCUT2D eigenvalue weighted by atomic mass is 16.6. The SMILES string of the molecule is CN(C(=O)COc1ccc([N+](=O)[O-])cc1)C1CCCc2ccccc21. The number of amides is 1. The van der Waals surface area contributed by atoms with Crippen molar-refractivity contribution in [1.82, 2.24) is 4.90 Å². The fourth-order valence-electron chi connectivity index (χ4n) is 3.22. The maximum Gasteiger partial charge on any atom is 0.269 e. The number of aryl methyl sites for hydroxylation is 1. The Labute approximate surface area is 146 Å². The van der Waals surface area contributed by atoms with Crippen LogP contribution in [0.15, 0.2) is 48.5 Å². The van der Waals surface area contributed by atoms with Crippen molar-refractivity contribution in [3.05, 3.63) is 69.8 Å². The van der Waals surface area contributed by atoms with Crippen molar-refractivity contribution in [2.45, 2.75) is 25.3 Å². The van der Waals surface area contributed by atoms with E-state index in [9.17, 15) is 14.9 Å². The lowest BCUT2D eigenvalue weighted by Gasteiger charge is -2.33. The van der Waals surface area contributed by atoms with Gasteiger partial charge in [0.05, 0.1) is 11.0 Å². The Morgan fingerprint density at radius 1 is 1.24 bits per heavy atom. The van der Waals surface area contributed by atoms with Crippen LogP contribution in [0.1, 0.15) is 30.0 Å². The molecule has 0 bridgehead atoms. The molecule has 2 aromatic carbocycles. The molecule has 130 valence electrons. The molecule has 0 N–H and O–H groups in total. The molecular weight excluding hydrogens is 320 g/mol. The molecule has 0 fully saturated rings. The van der Waals surface area contributed by atoms with Crippen LogP contribution in [0.4, 0.5) is 5.69 Å². The molecule has 0 aliphatic heterocycles. The highest BCUT2D eigenvalue weighted by Gasteiger charge is 2.26. The molecule has 0 heterocycles. The molecule has 0 aromatic heterocycles. The van der Waals surface area contributed by atoms with E-state index in [4.69, 9.17) is 4.74 Å². The van der Waals surface area contributed by atoms with Crippen LogP contribution in [0.3, 0.4) is 0 Å². The van der Waals surface area contributed by atoms with Gasteiger partial charge in [-0.3, -0.25) is 14.9 Å². The maximum atomic E-state index is 12.5. The number of hydrogen-bond donors (Lipinski definition) is 0. The Hall–Kier alpha value is -2.89. The number of rotatable bonds is 5. The minimum atomic E-state index is -0.469. The fourth-order valence-corrected chi connectivity index (χ4v) is 3.22. The number of carbonyl (C=O) groups is 1. The van der Waals surface area contributed by atoms with Gasteiger partial charge in [-0.2, -0.15) is 0 Å². The van der Waals surface area contributed by atoms with Crippen molar-refractivity contribution in [2.75, 3.05) is 13.7 Å². The molecule has 1 unspecified atom stereocenters. The zero-order chi connectivity index (χ0) is 17.8. The first-order valence-electron chi connectivity index (χ1n) is 8.27. The first-order chi connectivity index (χ1) is 12.1. The van der Waals surface area contributed by atoms with Gasteiger partial charge in [-0.1, -0.05) is 24.3 Å². The molecule has 25 heavy (non-hydrogen) atoms. The van der Waals surface area contributed by atoms with Gasteiger partial charge in [0, 0.05) is 19.2 Å². The zero-order valence-corrected chi connectivity index (χ0v) is 14.1. The van der Waals surface area contributed by atoms with Crippen molar-refractivity contribution in [3.63, 3.8) is 0 Å². The summed E-state index contributed by atoms with van der Waals surface area (Å²) in [6.07, 6.45) is 3.05. The minimum absolute atomic E-state index is 0.00499. The monoisotopic (exact) mass is 340 g/mol. The second kappa shape index (κ2) is 7.34. The molecule has 0 radical (unpaired) electrons. The number of hydrogen-bond acceptors (Lipinski definition) is 4. The molecular formula is C19H20N2O4. The van der Waals surface area contributed by atoms with E-state index in [2.05, 4.69) is 12.1 Å². The second-order valence-corrected chi connectivity index (χ2v) is 6.15. The largest absolute Gasteiger partial charge is 0.484 e. The minimum Gasteiger partial charge on any atom is -0.484 e. The number of carbonyl (C=O) groups excluding carboxylic acids is 1. The van der Waals surface area contributed by atoms with Crippen LogP contribution >= 0.6 is 0 Å². The Kier molecular flexibility index (Phi) is 4.97. The fraction of sp³-hybridized carbons (Fsp3) is 0.316. The van der Waals surface area contributed by atoms with E-state index in [0.717, 1.165) is 19.3 Å². The van der Waals surface area contributed by atoms with Crippen molar-refractivity contribution in [2.24, 2.45) is 0 Å². The zero-order valence-electron chi connectivity index (χ0n) is 14.1. The van der Waals surface area contributed by atoms with Crippen molar-refractivity contribution in [3.8, 4) is 5.75 Å². The molecule has 0 saturated heterocycles. The third kappa shape index (κ3) is 3.79. The van der Waals surface area contributed by atoms with Crippen molar-refractivity contribution < 1.29 is 14.5 Å². The third-order valence-corrected chi connectivity index (χ3v) is 4.61. The van der Waals surface area contributed by atoms with Crippen LogP contribution in [0, 0.1) is 10.1 Å². The molecule has 0 spiro atoms. The van der Waals surface area contributed by atoms with E-state index in [1.165, 1.54) is 35.4 Å². The summed E-state index contributed by atoms with van der Waals surface area (Å²) < 4.78 is 5.49. The van der Waals surface area contributed by atoms with Crippen LogP contribution in [-0.4, -0.2) is 29.4 Å². The molecule has 1 aliphatic rings. The number of likely N-dealkylation sites (N-methyl/N-ethyl adjacent to an activating group) is 1. The number of ether oxygens (including phenoxy) is 1. The number of non-ortho nitro benzene ring substituents is 1. The van der Waals surface area contributed by atoms with Gasteiger partial charge in [0.15, 0.2) is 6.61 Å². The van der Waals surface area contributed by atoms with Crippen molar-refractivity contribution >= 4 is 11.6 Å². The van der Waals surface area contributed by atoms with Crippen LogP contribution < -0.4 is 4.74 Å². The highest BCUT2D eigenvalue weighted by molar-refractivity contribution is 5.78. The summed E-state index contributed by atoms with van der Waals surface area (Å²) in [5.74, 6) is 0.330. The summed E-state index contributed by atoms with van der Waals surface area (Å²) in [6.45, 7) is -0.0903. The number of nitro groups is 1. The van der Waals surface area contributed by atoms with Gasteiger partial charge in [0.25, 0.3) is 11.6 Å². The average molecular weight is 340 g/mol. The van der Waals surface area contributed by atoms with Gasteiger partial charge in [0.2, 0.25) is 0 Å². The third-order valence-electron chi connectivity index (χ3n) is 4.61. The summed E-state index contributed by atoms with van der Waals surface area (Å²) in [6, 6.07) is 14.0. The Bertz CT molecular complexity index is 773. The molecule has 1 amide bonds. The number of nitro benzene ring substituents is 1. The smallest absolute Gasteiger partial charge is 0.269 e. The van der Waals surface area contributed by atoms with E-state index in [1.54, 1.807) is 11.9 Å². The van der Waals surface area contributed by atoms with E-state index < -0.39 is 4.92 Å².